The molecule has 3 amide bonds. The van der Waals surface area contributed by atoms with E-state index in [1.807, 2.05) is 12.2 Å². The third-order valence-electron chi connectivity index (χ3n) is 4.94. The first kappa shape index (κ1) is 13.5. The maximum atomic E-state index is 12.7. The quantitative estimate of drug-likeness (QED) is 0.666. The smallest absolute Gasteiger partial charge is 0.248 e. The van der Waals surface area contributed by atoms with E-state index in [9.17, 15) is 14.4 Å². The predicted octanol–water partition coefficient (Wildman–Crippen LogP) is 1.75. The summed E-state index contributed by atoms with van der Waals surface area (Å²) in [5, 5.41) is 0.256. The lowest BCUT2D eigenvalue weighted by Crippen LogP contribution is -2.33. The number of hydrogen-bond acceptors (Lipinski definition) is 3. The van der Waals surface area contributed by atoms with Gasteiger partial charge in [0.05, 0.1) is 22.5 Å². The maximum Gasteiger partial charge on any atom is 0.248 e. The monoisotopic (exact) mass is 316 g/mol. The molecule has 2 N–H and O–H groups in total. The van der Waals surface area contributed by atoms with Gasteiger partial charge in [-0.1, -0.05) is 23.8 Å². The van der Waals surface area contributed by atoms with E-state index < -0.39 is 5.91 Å². The third-order valence-corrected chi connectivity index (χ3v) is 5.26. The third kappa shape index (κ3) is 1.63. The largest absolute Gasteiger partial charge is 0.366 e. The Balaban J connectivity index is 1.79. The van der Waals surface area contributed by atoms with Crippen LogP contribution in [0.5, 0.6) is 0 Å². The zero-order valence-corrected chi connectivity index (χ0v) is 12.3. The minimum Gasteiger partial charge on any atom is -0.366 e. The van der Waals surface area contributed by atoms with Crippen molar-refractivity contribution in [2.75, 3.05) is 4.90 Å². The molecule has 1 aromatic rings. The second-order valence-corrected chi connectivity index (χ2v) is 6.45. The van der Waals surface area contributed by atoms with Crippen LogP contribution in [0.2, 0.25) is 5.02 Å². The van der Waals surface area contributed by atoms with E-state index in [2.05, 4.69) is 0 Å². The molecular weight excluding hydrogens is 304 g/mol. The number of imide groups is 1. The number of carbonyl (C=O) groups excluding carboxylic acids is 3. The first-order valence-electron chi connectivity index (χ1n) is 7.14. The second-order valence-electron chi connectivity index (χ2n) is 6.04. The minimum absolute atomic E-state index is 0.134. The van der Waals surface area contributed by atoms with Crippen LogP contribution in [-0.2, 0) is 9.59 Å². The molecule has 112 valence electrons. The number of amides is 3. The van der Waals surface area contributed by atoms with Crippen LogP contribution in [0.3, 0.4) is 0 Å². The van der Waals surface area contributed by atoms with Gasteiger partial charge in [0.2, 0.25) is 17.7 Å². The highest BCUT2D eigenvalue weighted by Gasteiger charge is 2.59. The van der Waals surface area contributed by atoms with Gasteiger partial charge in [0, 0.05) is 5.56 Å². The summed E-state index contributed by atoms with van der Waals surface area (Å²) >= 11 is 6.14. The molecule has 4 rings (SSSR count). The second kappa shape index (κ2) is 4.43. The number of nitrogens with zero attached hydrogens (tertiary/aromatic N) is 1. The number of primary amides is 1. The Hall–Kier alpha value is -2.14. The number of fused-ring (bicyclic) bond motifs is 5. The molecule has 1 aliphatic heterocycles. The first-order chi connectivity index (χ1) is 10.5. The Kier molecular flexibility index (Phi) is 2.72. The van der Waals surface area contributed by atoms with Crippen LogP contribution in [-0.4, -0.2) is 17.7 Å². The van der Waals surface area contributed by atoms with Crippen molar-refractivity contribution in [3.8, 4) is 0 Å². The fraction of sp³-hybridized carbons (Fsp3) is 0.312. The molecule has 1 heterocycles. The topological polar surface area (TPSA) is 80.5 Å². The summed E-state index contributed by atoms with van der Waals surface area (Å²) in [5.74, 6) is -1.40. The van der Waals surface area contributed by atoms with E-state index in [-0.39, 0.29) is 51.8 Å². The van der Waals surface area contributed by atoms with Crippen LogP contribution in [0.15, 0.2) is 30.4 Å². The Morgan fingerprint density at radius 3 is 2.27 bits per heavy atom. The van der Waals surface area contributed by atoms with Crippen molar-refractivity contribution in [2.45, 2.75) is 6.42 Å². The lowest BCUT2D eigenvalue weighted by atomic mass is 9.85. The van der Waals surface area contributed by atoms with Crippen molar-refractivity contribution in [1.29, 1.82) is 0 Å². The summed E-state index contributed by atoms with van der Waals surface area (Å²) in [5.41, 5.74) is 5.74. The normalized spacial score (nSPS) is 32.0. The summed E-state index contributed by atoms with van der Waals surface area (Å²) in [7, 11) is 0. The summed E-state index contributed by atoms with van der Waals surface area (Å²) in [6.45, 7) is 0. The van der Waals surface area contributed by atoms with Crippen molar-refractivity contribution < 1.29 is 14.4 Å². The number of halogens is 1. The summed E-state index contributed by atoms with van der Waals surface area (Å²) in [6, 6.07) is 4.38. The number of rotatable bonds is 2. The van der Waals surface area contributed by atoms with Gasteiger partial charge >= 0.3 is 0 Å². The van der Waals surface area contributed by atoms with Crippen LogP contribution in [0.25, 0.3) is 0 Å². The van der Waals surface area contributed by atoms with Crippen LogP contribution in [0.4, 0.5) is 5.69 Å². The molecule has 2 bridgehead atoms. The number of anilines is 1. The molecule has 4 atom stereocenters. The van der Waals surface area contributed by atoms with E-state index in [4.69, 9.17) is 17.3 Å². The Morgan fingerprint density at radius 1 is 1.14 bits per heavy atom. The van der Waals surface area contributed by atoms with E-state index >= 15 is 0 Å². The molecule has 3 aliphatic rings. The number of carbonyl (C=O) groups is 3. The van der Waals surface area contributed by atoms with E-state index in [0.29, 0.717) is 0 Å². The summed E-state index contributed by atoms with van der Waals surface area (Å²) in [6.07, 6.45) is 4.93. The lowest BCUT2D eigenvalue weighted by molar-refractivity contribution is -0.123. The number of hydrogen-bond donors (Lipinski definition) is 1. The zero-order chi connectivity index (χ0) is 15.6. The molecule has 5 nitrogen and oxygen atoms in total. The van der Waals surface area contributed by atoms with Gasteiger partial charge in [-0.3, -0.25) is 14.4 Å². The summed E-state index contributed by atoms with van der Waals surface area (Å²) < 4.78 is 0. The Morgan fingerprint density at radius 2 is 1.73 bits per heavy atom. The van der Waals surface area contributed by atoms with Gasteiger partial charge in [0.15, 0.2) is 0 Å². The van der Waals surface area contributed by atoms with Crippen LogP contribution in [0, 0.1) is 23.7 Å². The van der Waals surface area contributed by atoms with Gasteiger partial charge in [-0.25, -0.2) is 4.90 Å². The zero-order valence-electron chi connectivity index (χ0n) is 11.5. The molecular formula is C16H13ClN2O3. The number of nitrogens with two attached hydrogens (primary N) is 1. The highest BCUT2D eigenvalue weighted by molar-refractivity contribution is 6.36. The first-order valence-corrected chi connectivity index (χ1v) is 7.52. The molecule has 0 unspecified atom stereocenters. The molecule has 0 radical (unpaired) electrons. The SMILES string of the molecule is NC(=O)c1ccc(Cl)c(N2C(=O)[C@@H]3[C@H](C2=O)[C@H]2C=C[C@@H]3C2)c1. The highest BCUT2D eigenvalue weighted by Crippen LogP contribution is 2.53. The van der Waals surface area contributed by atoms with E-state index in [0.717, 1.165) is 11.3 Å². The maximum absolute atomic E-state index is 12.7. The van der Waals surface area contributed by atoms with Crippen LogP contribution < -0.4 is 10.6 Å². The summed E-state index contributed by atoms with van der Waals surface area (Å²) in [4.78, 5) is 37.9. The van der Waals surface area contributed by atoms with Crippen molar-refractivity contribution >= 4 is 35.0 Å². The van der Waals surface area contributed by atoms with Crippen LogP contribution in [0.1, 0.15) is 16.8 Å². The molecule has 1 aromatic carbocycles. The molecule has 1 saturated heterocycles. The standard InChI is InChI=1S/C16H13ClN2O3/c17-10-4-3-9(14(18)20)6-11(10)19-15(21)12-7-1-2-8(5-7)13(12)16(19)22/h1-4,6-8,12-13H,5H2,(H2,18,20)/t7-,8+,12+,13-. The number of allylic oxidation sites excluding steroid dienone is 2. The van der Waals surface area contributed by atoms with Gasteiger partial charge in [-0.05, 0) is 36.5 Å². The van der Waals surface area contributed by atoms with Crippen molar-refractivity contribution in [3.05, 3.63) is 40.9 Å². The predicted molar refractivity (Wildman–Crippen MR) is 80.2 cm³/mol. The molecule has 22 heavy (non-hydrogen) atoms. The highest BCUT2D eigenvalue weighted by atomic mass is 35.5. The Labute approximate surface area is 131 Å². The van der Waals surface area contributed by atoms with Gasteiger partial charge < -0.3 is 5.73 Å². The average Bonchev–Trinajstić information content (AvgIpc) is 3.14. The molecule has 1 saturated carbocycles. The van der Waals surface area contributed by atoms with E-state index in [1.165, 1.54) is 18.2 Å². The Bertz CT molecular complexity index is 728. The van der Waals surface area contributed by atoms with Gasteiger partial charge in [-0.15, -0.1) is 0 Å². The van der Waals surface area contributed by atoms with Crippen molar-refractivity contribution in [2.24, 2.45) is 29.4 Å². The molecule has 2 aliphatic carbocycles. The fourth-order valence-corrected chi connectivity index (χ4v) is 4.18. The fourth-order valence-electron chi connectivity index (χ4n) is 3.98. The molecule has 0 aromatic heterocycles. The van der Waals surface area contributed by atoms with E-state index in [1.54, 1.807) is 0 Å². The van der Waals surface area contributed by atoms with Gasteiger partial charge in [0.1, 0.15) is 0 Å². The lowest BCUT2D eigenvalue weighted by Gasteiger charge is -2.19. The van der Waals surface area contributed by atoms with Crippen molar-refractivity contribution in [1.82, 2.24) is 0 Å². The minimum atomic E-state index is -0.626. The average molecular weight is 317 g/mol. The van der Waals surface area contributed by atoms with Gasteiger partial charge in [0.25, 0.3) is 0 Å². The molecule has 2 fully saturated rings. The van der Waals surface area contributed by atoms with Crippen LogP contribution >= 0.6 is 11.6 Å². The van der Waals surface area contributed by atoms with Gasteiger partial charge in [-0.2, -0.15) is 0 Å². The molecule has 6 heteroatoms. The van der Waals surface area contributed by atoms with Crippen molar-refractivity contribution in [3.63, 3.8) is 0 Å². The molecule has 0 spiro atoms. The number of benzene rings is 1.